The second-order valence-electron chi connectivity index (χ2n) is 5.14. The second kappa shape index (κ2) is 8.44. The fourth-order valence-corrected chi connectivity index (χ4v) is 1.51. The molecule has 3 N–H and O–H groups in total. The first-order chi connectivity index (χ1) is 7.90. The molecule has 1 unspecified atom stereocenters. The lowest BCUT2D eigenvalue weighted by Crippen LogP contribution is -2.43. The minimum atomic E-state index is -0.403. The van der Waals surface area contributed by atoms with E-state index in [2.05, 4.69) is 4.74 Å². The summed E-state index contributed by atoms with van der Waals surface area (Å²) in [4.78, 5) is 11.6. The number of ether oxygens (including phenoxy) is 1. The Hall–Kier alpha value is -0.650. The molecule has 1 heterocycles. The summed E-state index contributed by atoms with van der Waals surface area (Å²) in [6.07, 6.45) is 3.31. The highest BCUT2D eigenvalue weighted by atomic mass is 16.5. The van der Waals surface area contributed by atoms with Gasteiger partial charge in [0.15, 0.2) is 0 Å². The molecule has 17 heavy (non-hydrogen) atoms. The number of aliphatic hydroxyl groups is 1. The molecule has 5 heteroatoms. The number of likely N-dealkylation sites (tertiary alicyclic amines) is 1. The highest BCUT2D eigenvalue weighted by Gasteiger charge is 2.15. The zero-order valence-electron chi connectivity index (χ0n) is 11.2. The quantitative estimate of drug-likeness (QED) is 0.717. The molecule has 1 fully saturated rings. The Bertz CT molecular complexity index is 198. The maximum atomic E-state index is 9.60. The summed E-state index contributed by atoms with van der Waals surface area (Å²) in [5.74, 6) is 0. The lowest BCUT2D eigenvalue weighted by atomic mass is 10.1. The Balaban J connectivity index is 0.000000325. The van der Waals surface area contributed by atoms with Crippen molar-refractivity contribution in [3.8, 4) is 0 Å². The molecular weight excluding hydrogens is 220 g/mol. The van der Waals surface area contributed by atoms with Crippen LogP contribution in [-0.4, -0.2) is 47.9 Å². The third-order valence-electron chi connectivity index (χ3n) is 2.42. The molecule has 0 radical (unpaired) electrons. The minimum absolute atomic E-state index is 0.318. The van der Waals surface area contributed by atoms with Gasteiger partial charge in [0.05, 0.1) is 0 Å². The molecule has 0 aromatic carbocycles. The molecule has 0 aliphatic carbocycles. The van der Waals surface area contributed by atoms with Crippen molar-refractivity contribution >= 4 is 6.47 Å². The highest BCUT2D eigenvalue weighted by molar-refractivity contribution is 5.37. The van der Waals surface area contributed by atoms with E-state index in [1.807, 2.05) is 25.7 Å². The second-order valence-corrected chi connectivity index (χ2v) is 5.14. The Labute approximate surface area is 104 Å². The largest absolute Gasteiger partial charge is 0.462 e. The van der Waals surface area contributed by atoms with Crippen LogP contribution in [0.25, 0.3) is 0 Å². The number of piperidine rings is 1. The summed E-state index contributed by atoms with van der Waals surface area (Å²) in [5, 5.41) is 9.28. The summed E-state index contributed by atoms with van der Waals surface area (Å²) >= 11 is 0. The molecule has 1 aliphatic rings. The fourth-order valence-electron chi connectivity index (χ4n) is 1.51. The summed E-state index contributed by atoms with van der Waals surface area (Å²) < 4.78 is 4.55. The van der Waals surface area contributed by atoms with Gasteiger partial charge in [-0.1, -0.05) is 6.42 Å². The number of aliphatic hydroxyl groups excluding tert-OH is 1. The number of nitrogens with two attached hydrogens (primary N) is 1. The standard InChI is InChI=1S/C7H16N2O.C5H10O2/c8-6-7(10)9-4-2-1-3-5-9;1-5(2,3)7-4-6/h7,10H,1-6,8H2;4H,1-3H3. The van der Waals surface area contributed by atoms with Crippen molar-refractivity contribution in [2.45, 2.75) is 51.9 Å². The summed E-state index contributed by atoms with van der Waals surface area (Å²) in [6, 6.07) is 0. The van der Waals surface area contributed by atoms with Gasteiger partial charge in [0, 0.05) is 19.6 Å². The molecule has 102 valence electrons. The van der Waals surface area contributed by atoms with Gasteiger partial charge >= 0.3 is 0 Å². The molecule has 1 atom stereocenters. The molecule has 0 amide bonds. The Morgan fingerprint density at radius 1 is 1.35 bits per heavy atom. The van der Waals surface area contributed by atoms with E-state index >= 15 is 0 Å². The minimum Gasteiger partial charge on any atom is -0.462 e. The van der Waals surface area contributed by atoms with Gasteiger partial charge in [-0.15, -0.1) is 0 Å². The number of nitrogens with zero attached hydrogens (tertiary/aromatic N) is 1. The first-order valence-electron chi connectivity index (χ1n) is 6.14. The van der Waals surface area contributed by atoms with Gasteiger partial charge in [0.1, 0.15) is 11.8 Å². The predicted molar refractivity (Wildman–Crippen MR) is 67.4 cm³/mol. The lowest BCUT2D eigenvalue weighted by molar-refractivity contribution is -0.138. The molecule has 0 spiro atoms. The van der Waals surface area contributed by atoms with Crippen LogP contribution in [-0.2, 0) is 9.53 Å². The van der Waals surface area contributed by atoms with E-state index in [-0.39, 0.29) is 5.60 Å². The molecule has 5 nitrogen and oxygen atoms in total. The van der Waals surface area contributed by atoms with Crippen LogP contribution >= 0.6 is 0 Å². The summed E-state index contributed by atoms with van der Waals surface area (Å²) in [7, 11) is 0. The Morgan fingerprint density at radius 3 is 2.18 bits per heavy atom. The van der Waals surface area contributed by atoms with E-state index in [9.17, 15) is 9.90 Å². The maximum absolute atomic E-state index is 9.60. The molecule has 0 aromatic heterocycles. The van der Waals surface area contributed by atoms with Crippen LogP contribution < -0.4 is 5.73 Å². The van der Waals surface area contributed by atoms with Crippen LogP contribution in [0.3, 0.4) is 0 Å². The maximum Gasteiger partial charge on any atom is 0.293 e. The van der Waals surface area contributed by atoms with Crippen LogP contribution in [0.15, 0.2) is 0 Å². The summed E-state index contributed by atoms with van der Waals surface area (Å²) in [5.41, 5.74) is 4.99. The average Bonchev–Trinajstić information content (AvgIpc) is 2.28. The van der Waals surface area contributed by atoms with Crippen LogP contribution in [0.5, 0.6) is 0 Å². The van der Waals surface area contributed by atoms with E-state index in [0.717, 1.165) is 13.1 Å². The summed E-state index contributed by atoms with van der Waals surface area (Å²) in [6.45, 7) is 8.31. The smallest absolute Gasteiger partial charge is 0.293 e. The topological polar surface area (TPSA) is 75.8 Å². The molecular formula is C12H26N2O3. The van der Waals surface area contributed by atoms with Crippen molar-refractivity contribution in [3.05, 3.63) is 0 Å². The van der Waals surface area contributed by atoms with E-state index in [1.165, 1.54) is 19.3 Å². The molecule has 0 aromatic rings. The van der Waals surface area contributed by atoms with E-state index in [4.69, 9.17) is 5.73 Å². The van der Waals surface area contributed by atoms with Crippen molar-refractivity contribution in [1.29, 1.82) is 0 Å². The first kappa shape index (κ1) is 16.4. The highest BCUT2D eigenvalue weighted by Crippen LogP contribution is 2.09. The third-order valence-corrected chi connectivity index (χ3v) is 2.42. The molecule has 0 bridgehead atoms. The molecule has 1 saturated heterocycles. The van der Waals surface area contributed by atoms with Crippen LogP contribution in [0.1, 0.15) is 40.0 Å². The van der Waals surface area contributed by atoms with Gasteiger partial charge < -0.3 is 15.6 Å². The zero-order valence-corrected chi connectivity index (χ0v) is 11.2. The van der Waals surface area contributed by atoms with Crippen molar-refractivity contribution in [3.63, 3.8) is 0 Å². The monoisotopic (exact) mass is 246 g/mol. The number of carbonyl (C=O) groups excluding carboxylic acids is 1. The van der Waals surface area contributed by atoms with E-state index in [0.29, 0.717) is 13.0 Å². The molecule has 1 aliphatic heterocycles. The first-order valence-corrected chi connectivity index (χ1v) is 6.14. The lowest BCUT2D eigenvalue weighted by Gasteiger charge is -2.30. The van der Waals surface area contributed by atoms with Gasteiger partial charge in [0.2, 0.25) is 0 Å². The fraction of sp³-hybridized carbons (Fsp3) is 0.917. The zero-order chi connectivity index (χ0) is 13.3. The van der Waals surface area contributed by atoms with Crippen molar-refractivity contribution in [2.75, 3.05) is 19.6 Å². The average molecular weight is 246 g/mol. The van der Waals surface area contributed by atoms with Gasteiger partial charge in [-0.05, 0) is 33.6 Å². The van der Waals surface area contributed by atoms with Crippen LogP contribution in [0.4, 0.5) is 0 Å². The van der Waals surface area contributed by atoms with Crippen molar-refractivity contribution < 1.29 is 14.6 Å². The van der Waals surface area contributed by atoms with Crippen LogP contribution in [0, 0.1) is 0 Å². The van der Waals surface area contributed by atoms with Crippen LogP contribution in [0.2, 0.25) is 0 Å². The third kappa shape index (κ3) is 9.09. The van der Waals surface area contributed by atoms with Crippen molar-refractivity contribution in [1.82, 2.24) is 4.90 Å². The normalized spacial score (nSPS) is 18.9. The predicted octanol–water partition coefficient (Wildman–Crippen LogP) is 0.707. The number of rotatable bonds is 3. The van der Waals surface area contributed by atoms with E-state index < -0.39 is 6.23 Å². The van der Waals surface area contributed by atoms with Gasteiger partial charge in [-0.2, -0.15) is 0 Å². The van der Waals surface area contributed by atoms with Gasteiger partial charge in [-0.3, -0.25) is 9.69 Å². The number of carbonyl (C=O) groups is 1. The number of hydrogen-bond donors (Lipinski definition) is 2. The SMILES string of the molecule is CC(C)(C)OC=O.NCC(O)N1CCCCC1. The van der Waals surface area contributed by atoms with E-state index in [1.54, 1.807) is 0 Å². The van der Waals surface area contributed by atoms with Gasteiger partial charge in [0.25, 0.3) is 6.47 Å². The van der Waals surface area contributed by atoms with Gasteiger partial charge in [-0.25, -0.2) is 0 Å². The Kier molecular flexibility index (Phi) is 8.12. The molecule has 0 saturated carbocycles. The Morgan fingerprint density at radius 2 is 1.88 bits per heavy atom. The number of hydrogen-bond acceptors (Lipinski definition) is 5. The van der Waals surface area contributed by atoms with Crippen molar-refractivity contribution in [2.24, 2.45) is 5.73 Å². The molecule has 1 rings (SSSR count).